The molecular weight excluding hydrogens is 409 g/mol. The number of aryl methyl sites for hydroxylation is 1. The van der Waals surface area contributed by atoms with Crippen LogP contribution in [0.2, 0.25) is 0 Å². The molecule has 0 radical (unpaired) electrons. The van der Waals surface area contributed by atoms with Gasteiger partial charge in [-0.2, -0.15) is 5.10 Å². The Kier molecular flexibility index (Phi) is 7.19. The number of piperidine rings is 2. The lowest BCUT2D eigenvalue weighted by Gasteiger charge is -2.34. The van der Waals surface area contributed by atoms with Crippen LogP contribution in [-0.2, 0) is 18.3 Å². The van der Waals surface area contributed by atoms with Crippen LogP contribution in [-0.4, -0.2) is 64.1 Å². The smallest absolute Gasteiger partial charge is 0.259 e. The van der Waals surface area contributed by atoms with Crippen LogP contribution in [0.1, 0.15) is 48.2 Å². The number of carbonyl (C=O) groups is 2. The van der Waals surface area contributed by atoms with Crippen molar-refractivity contribution < 1.29 is 14.0 Å². The van der Waals surface area contributed by atoms with Crippen molar-refractivity contribution in [3.63, 3.8) is 0 Å². The lowest BCUT2D eigenvalue weighted by Crippen LogP contribution is -2.45. The highest BCUT2D eigenvalue weighted by Gasteiger charge is 2.26. The number of likely N-dealkylation sites (tertiary alicyclic amines) is 2. The molecule has 1 aromatic carbocycles. The van der Waals surface area contributed by atoms with Crippen LogP contribution in [0, 0.1) is 11.7 Å². The zero-order valence-corrected chi connectivity index (χ0v) is 18.7. The summed E-state index contributed by atoms with van der Waals surface area (Å²) in [4.78, 5) is 29.6. The summed E-state index contributed by atoms with van der Waals surface area (Å²) in [5.41, 5.74) is 1.90. The zero-order chi connectivity index (χ0) is 22.5. The fraction of sp³-hybridized carbons (Fsp3) is 0.542. The fourth-order valence-electron chi connectivity index (χ4n) is 4.66. The number of amides is 2. The highest BCUT2D eigenvalue weighted by Crippen LogP contribution is 2.23. The molecule has 8 heteroatoms. The van der Waals surface area contributed by atoms with Gasteiger partial charge in [-0.3, -0.25) is 19.2 Å². The number of carbonyl (C=O) groups excluding carboxylic acids is 2. The van der Waals surface area contributed by atoms with Gasteiger partial charge in [-0.1, -0.05) is 0 Å². The highest BCUT2D eigenvalue weighted by atomic mass is 19.1. The van der Waals surface area contributed by atoms with Gasteiger partial charge in [0.1, 0.15) is 5.82 Å². The molecule has 0 atom stereocenters. The van der Waals surface area contributed by atoms with Gasteiger partial charge >= 0.3 is 0 Å². The van der Waals surface area contributed by atoms with Crippen molar-refractivity contribution in [2.24, 2.45) is 13.0 Å². The first-order valence-electron chi connectivity index (χ1n) is 11.6. The minimum atomic E-state index is -0.339. The standard InChI is InChI=1S/C24H32FN5O2/c1-28-16-21(24(32)26-20-7-5-19(25)6-8-20)22(27-28)15-18-9-13-29(14-10-18)17-23(31)30-11-3-2-4-12-30/h5-8,16,18H,2-4,9-15,17H2,1H3,(H,26,32). The summed E-state index contributed by atoms with van der Waals surface area (Å²) in [7, 11) is 1.81. The molecule has 0 aliphatic carbocycles. The van der Waals surface area contributed by atoms with E-state index in [-0.39, 0.29) is 17.6 Å². The zero-order valence-electron chi connectivity index (χ0n) is 18.7. The summed E-state index contributed by atoms with van der Waals surface area (Å²) in [6, 6.07) is 5.74. The van der Waals surface area contributed by atoms with Gasteiger partial charge < -0.3 is 10.2 Å². The van der Waals surface area contributed by atoms with Gasteiger partial charge in [0, 0.05) is 32.0 Å². The predicted octanol–water partition coefficient (Wildman–Crippen LogP) is 3.08. The molecule has 1 aromatic heterocycles. The Hall–Kier alpha value is -2.74. The Morgan fingerprint density at radius 3 is 2.44 bits per heavy atom. The minimum Gasteiger partial charge on any atom is -0.342 e. The van der Waals surface area contributed by atoms with E-state index in [4.69, 9.17) is 0 Å². The number of rotatable bonds is 6. The Morgan fingerprint density at radius 1 is 1.06 bits per heavy atom. The third kappa shape index (κ3) is 5.73. The maximum atomic E-state index is 13.1. The topological polar surface area (TPSA) is 70.5 Å². The average molecular weight is 442 g/mol. The van der Waals surface area contributed by atoms with E-state index in [0.29, 0.717) is 23.7 Å². The van der Waals surface area contributed by atoms with Crippen molar-refractivity contribution in [2.45, 2.75) is 38.5 Å². The molecule has 2 saturated heterocycles. The maximum absolute atomic E-state index is 13.1. The third-order valence-corrected chi connectivity index (χ3v) is 6.51. The van der Waals surface area contributed by atoms with Crippen molar-refractivity contribution >= 4 is 17.5 Å². The van der Waals surface area contributed by atoms with Crippen LogP contribution in [0.5, 0.6) is 0 Å². The molecule has 0 unspecified atom stereocenters. The molecule has 0 bridgehead atoms. The largest absolute Gasteiger partial charge is 0.342 e. The van der Waals surface area contributed by atoms with E-state index >= 15 is 0 Å². The predicted molar refractivity (Wildman–Crippen MR) is 121 cm³/mol. The number of benzene rings is 1. The van der Waals surface area contributed by atoms with E-state index in [1.54, 1.807) is 23.0 Å². The van der Waals surface area contributed by atoms with Crippen molar-refractivity contribution in [3.8, 4) is 0 Å². The molecule has 172 valence electrons. The summed E-state index contributed by atoms with van der Waals surface area (Å²) in [6.07, 6.45) is 7.92. The SMILES string of the molecule is Cn1cc(C(=O)Nc2ccc(F)cc2)c(CC2CCN(CC(=O)N3CCCCC3)CC2)n1. The Balaban J connectivity index is 1.30. The lowest BCUT2D eigenvalue weighted by molar-refractivity contribution is -0.133. The molecule has 2 aliphatic heterocycles. The first-order valence-corrected chi connectivity index (χ1v) is 11.6. The number of aromatic nitrogens is 2. The average Bonchev–Trinajstić information content (AvgIpc) is 3.17. The van der Waals surface area contributed by atoms with Crippen LogP contribution in [0.4, 0.5) is 10.1 Å². The Labute approximate surface area is 188 Å². The van der Waals surface area contributed by atoms with Gasteiger partial charge in [0.15, 0.2) is 0 Å². The first kappa shape index (κ1) is 22.5. The Bertz CT molecular complexity index is 928. The van der Waals surface area contributed by atoms with Gasteiger partial charge in [0.2, 0.25) is 5.91 Å². The lowest BCUT2D eigenvalue weighted by atomic mass is 9.91. The van der Waals surface area contributed by atoms with Crippen LogP contribution >= 0.6 is 0 Å². The third-order valence-electron chi connectivity index (χ3n) is 6.51. The summed E-state index contributed by atoms with van der Waals surface area (Å²) in [5, 5.41) is 7.36. The molecule has 7 nitrogen and oxygen atoms in total. The van der Waals surface area contributed by atoms with E-state index in [2.05, 4.69) is 15.3 Å². The summed E-state index contributed by atoms with van der Waals surface area (Å²) < 4.78 is 14.8. The molecule has 32 heavy (non-hydrogen) atoms. The molecule has 0 spiro atoms. The van der Waals surface area contributed by atoms with E-state index in [9.17, 15) is 14.0 Å². The Morgan fingerprint density at radius 2 is 1.75 bits per heavy atom. The van der Waals surface area contributed by atoms with Crippen molar-refractivity contribution in [1.29, 1.82) is 0 Å². The summed E-state index contributed by atoms with van der Waals surface area (Å²) in [5.74, 6) is 0.120. The quantitative estimate of drug-likeness (QED) is 0.748. The van der Waals surface area contributed by atoms with Gasteiger partial charge in [0.25, 0.3) is 5.91 Å². The number of nitrogens with one attached hydrogen (secondary N) is 1. The number of nitrogens with zero attached hydrogens (tertiary/aromatic N) is 4. The first-order chi connectivity index (χ1) is 15.5. The van der Waals surface area contributed by atoms with Crippen molar-refractivity contribution in [3.05, 3.63) is 47.5 Å². The molecule has 3 heterocycles. The summed E-state index contributed by atoms with van der Waals surface area (Å²) in [6.45, 7) is 4.11. The number of halogens is 1. The van der Waals surface area contributed by atoms with E-state index in [1.807, 2.05) is 11.9 Å². The van der Waals surface area contributed by atoms with Gasteiger partial charge in [-0.05, 0) is 81.8 Å². The van der Waals surface area contributed by atoms with Crippen LogP contribution in [0.15, 0.2) is 30.5 Å². The number of hydrogen-bond acceptors (Lipinski definition) is 4. The molecule has 2 amide bonds. The molecule has 0 saturated carbocycles. The van der Waals surface area contributed by atoms with Gasteiger partial charge in [0.05, 0.1) is 17.8 Å². The second-order valence-electron chi connectivity index (χ2n) is 8.99. The maximum Gasteiger partial charge on any atom is 0.259 e. The van der Waals surface area contributed by atoms with Crippen LogP contribution in [0.3, 0.4) is 0 Å². The molecular formula is C24H32FN5O2. The molecule has 2 aliphatic rings. The van der Waals surface area contributed by atoms with E-state index in [1.165, 1.54) is 18.6 Å². The highest BCUT2D eigenvalue weighted by molar-refractivity contribution is 6.04. The molecule has 4 rings (SSSR count). The summed E-state index contributed by atoms with van der Waals surface area (Å²) >= 11 is 0. The number of hydrogen-bond donors (Lipinski definition) is 1. The van der Waals surface area contributed by atoms with Gasteiger partial charge in [-0.15, -0.1) is 0 Å². The molecule has 2 fully saturated rings. The molecule has 1 N–H and O–H groups in total. The number of anilines is 1. The monoisotopic (exact) mass is 441 g/mol. The van der Waals surface area contributed by atoms with Gasteiger partial charge in [-0.25, -0.2) is 4.39 Å². The van der Waals surface area contributed by atoms with E-state index < -0.39 is 0 Å². The second-order valence-corrected chi connectivity index (χ2v) is 8.99. The minimum absolute atomic E-state index is 0.232. The second kappa shape index (κ2) is 10.3. The molecule has 2 aromatic rings. The van der Waals surface area contributed by atoms with Crippen molar-refractivity contribution in [2.75, 3.05) is 38.0 Å². The normalized spacial score (nSPS) is 18.0. The fourth-order valence-corrected chi connectivity index (χ4v) is 4.66. The van der Waals surface area contributed by atoms with Crippen LogP contribution < -0.4 is 5.32 Å². The van der Waals surface area contributed by atoms with E-state index in [0.717, 1.165) is 64.0 Å². The van der Waals surface area contributed by atoms with Crippen LogP contribution in [0.25, 0.3) is 0 Å². The van der Waals surface area contributed by atoms with Crippen molar-refractivity contribution in [1.82, 2.24) is 19.6 Å².